The van der Waals surface area contributed by atoms with E-state index in [2.05, 4.69) is 21.2 Å². The Labute approximate surface area is 165 Å². The van der Waals surface area contributed by atoms with E-state index in [-0.39, 0.29) is 5.57 Å². The smallest absolute Gasteiger partial charge is 0.266 e. The van der Waals surface area contributed by atoms with Crippen molar-refractivity contribution in [3.05, 3.63) is 94.5 Å². The summed E-state index contributed by atoms with van der Waals surface area (Å²) in [5.41, 5.74) is 1.30. The number of nitrogens with zero attached hydrogens (tertiary/aromatic N) is 1. The molecule has 4 nitrogen and oxygen atoms in total. The maximum atomic E-state index is 12.4. The molecule has 0 saturated heterocycles. The number of benzene rings is 3. The van der Waals surface area contributed by atoms with E-state index >= 15 is 0 Å². The first-order valence-electron chi connectivity index (χ1n) is 8.16. The van der Waals surface area contributed by atoms with E-state index in [1.807, 2.05) is 60.7 Å². The topological polar surface area (TPSA) is 62.1 Å². The third-order valence-corrected chi connectivity index (χ3v) is 4.33. The van der Waals surface area contributed by atoms with Crippen molar-refractivity contribution in [2.24, 2.45) is 0 Å². The number of nitriles is 1. The largest absolute Gasteiger partial charge is 0.457 e. The number of rotatable bonds is 5. The first kappa shape index (κ1) is 18.4. The van der Waals surface area contributed by atoms with Crippen LogP contribution in [0.4, 0.5) is 5.69 Å². The summed E-state index contributed by atoms with van der Waals surface area (Å²) in [6.45, 7) is 0. The van der Waals surface area contributed by atoms with Crippen LogP contribution in [0.1, 0.15) is 5.56 Å². The van der Waals surface area contributed by atoms with Crippen molar-refractivity contribution < 1.29 is 9.53 Å². The molecule has 3 rings (SSSR count). The van der Waals surface area contributed by atoms with E-state index in [9.17, 15) is 10.1 Å². The van der Waals surface area contributed by atoms with E-state index < -0.39 is 5.91 Å². The molecular formula is C22H15BrN2O2. The van der Waals surface area contributed by atoms with Gasteiger partial charge in [-0.05, 0) is 64.0 Å². The van der Waals surface area contributed by atoms with Crippen LogP contribution in [-0.2, 0) is 4.79 Å². The van der Waals surface area contributed by atoms with Crippen LogP contribution in [0, 0.1) is 11.3 Å². The number of hydrogen-bond donors (Lipinski definition) is 1. The minimum absolute atomic E-state index is 0.00242. The van der Waals surface area contributed by atoms with Crippen molar-refractivity contribution >= 4 is 33.6 Å². The summed E-state index contributed by atoms with van der Waals surface area (Å²) in [6.07, 6.45) is 1.53. The van der Waals surface area contributed by atoms with E-state index in [1.165, 1.54) is 6.08 Å². The molecule has 132 valence electrons. The average Bonchev–Trinajstić information content (AvgIpc) is 2.69. The Morgan fingerprint density at radius 2 is 1.67 bits per heavy atom. The van der Waals surface area contributed by atoms with Gasteiger partial charge in [0.05, 0.1) is 5.69 Å². The Hall–Kier alpha value is -3.36. The predicted octanol–water partition coefficient (Wildman–Crippen LogP) is 5.79. The zero-order chi connectivity index (χ0) is 19.1. The number of amides is 1. The number of hydrogen-bond acceptors (Lipinski definition) is 3. The molecule has 5 heteroatoms. The van der Waals surface area contributed by atoms with E-state index in [1.54, 1.807) is 24.3 Å². The summed E-state index contributed by atoms with van der Waals surface area (Å²) in [6, 6.07) is 25.8. The van der Waals surface area contributed by atoms with E-state index in [0.29, 0.717) is 22.7 Å². The third kappa shape index (κ3) is 5.06. The fraction of sp³-hybridized carbons (Fsp3) is 0. The summed E-state index contributed by atoms with van der Waals surface area (Å²) in [5, 5.41) is 12.1. The molecule has 3 aromatic rings. The fourth-order valence-electron chi connectivity index (χ4n) is 2.36. The van der Waals surface area contributed by atoms with Crippen molar-refractivity contribution in [1.29, 1.82) is 5.26 Å². The van der Waals surface area contributed by atoms with Gasteiger partial charge in [0.1, 0.15) is 23.1 Å². The van der Waals surface area contributed by atoms with Crippen molar-refractivity contribution in [1.82, 2.24) is 0 Å². The SMILES string of the molecule is N#C/C(=C\c1cccc(Oc2ccccc2)c1)C(=O)Nc1ccccc1Br. The first-order valence-corrected chi connectivity index (χ1v) is 8.95. The number of anilines is 1. The normalized spacial score (nSPS) is 10.7. The summed E-state index contributed by atoms with van der Waals surface area (Å²) in [5.74, 6) is 0.864. The molecule has 0 heterocycles. The summed E-state index contributed by atoms with van der Waals surface area (Å²) in [4.78, 5) is 12.4. The van der Waals surface area contributed by atoms with Gasteiger partial charge in [0.2, 0.25) is 0 Å². The zero-order valence-electron chi connectivity index (χ0n) is 14.2. The molecule has 1 N–H and O–H groups in total. The monoisotopic (exact) mass is 418 g/mol. The number of carbonyl (C=O) groups excluding carboxylic acids is 1. The van der Waals surface area contributed by atoms with Crippen molar-refractivity contribution in [3.63, 3.8) is 0 Å². The van der Waals surface area contributed by atoms with Gasteiger partial charge in [-0.1, -0.05) is 42.5 Å². The number of ether oxygens (including phenoxy) is 1. The number of carbonyl (C=O) groups is 1. The molecule has 0 radical (unpaired) electrons. The molecule has 0 fully saturated rings. The summed E-state index contributed by atoms with van der Waals surface area (Å²) >= 11 is 3.37. The molecule has 0 spiro atoms. The highest BCUT2D eigenvalue weighted by atomic mass is 79.9. The van der Waals surface area contributed by atoms with Gasteiger partial charge in [-0.2, -0.15) is 5.26 Å². The Kier molecular flexibility index (Phi) is 6.03. The molecule has 0 aliphatic rings. The van der Waals surface area contributed by atoms with Crippen molar-refractivity contribution in [2.45, 2.75) is 0 Å². The quantitative estimate of drug-likeness (QED) is 0.421. The van der Waals surface area contributed by atoms with Gasteiger partial charge in [-0.25, -0.2) is 0 Å². The molecule has 0 atom stereocenters. The fourth-order valence-corrected chi connectivity index (χ4v) is 2.74. The molecule has 1 amide bonds. The Balaban J connectivity index is 1.79. The first-order chi connectivity index (χ1) is 13.2. The van der Waals surface area contributed by atoms with Crippen LogP contribution < -0.4 is 10.1 Å². The summed E-state index contributed by atoms with van der Waals surface area (Å²) in [7, 11) is 0. The maximum Gasteiger partial charge on any atom is 0.266 e. The standard InChI is InChI=1S/C22H15BrN2O2/c23-20-11-4-5-12-21(20)25-22(26)17(15-24)13-16-7-6-10-19(14-16)27-18-8-2-1-3-9-18/h1-14H,(H,25,26)/b17-13+. The number of para-hydroxylation sites is 2. The lowest BCUT2D eigenvalue weighted by molar-refractivity contribution is -0.112. The van der Waals surface area contributed by atoms with Crippen LogP contribution in [0.5, 0.6) is 11.5 Å². The van der Waals surface area contributed by atoms with Gasteiger partial charge >= 0.3 is 0 Å². The average molecular weight is 419 g/mol. The summed E-state index contributed by atoms with van der Waals surface area (Å²) < 4.78 is 6.53. The second kappa shape index (κ2) is 8.84. The molecule has 0 aromatic heterocycles. The van der Waals surface area contributed by atoms with Crippen LogP contribution in [0.2, 0.25) is 0 Å². The molecule has 0 aliphatic heterocycles. The lowest BCUT2D eigenvalue weighted by atomic mass is 10.1. The highest BCUT2D eigenvalue weighted by molar-refractivity contribution is 9.10. The zero-order valence-corrected chi connectivity index (χ0v) is 15.8. The van der Waals surface area contributed by atoms with Crippen LogP contribution >= 0.6 is 15.9 Å². The van der Waals surface area contributed by atoms with Gasteiger partial charge in [0.15, 0.2) is 0 Å². The minimum atomic E-state index is -0.473. The highest BCUT2D eigenvalue weighted by Gasteiger charge is 2.11. The van der Waals surface area contributed by atoms with Gasteiger partial charge in [-0.15, -0.1) is 0 Å². The minimum Gasteiger partial charge on any atom is -0.457 e. The molecule has 0 aliphatic carbocycles. The second-order valence-electron chi connectivity index (χ2n) is 5.59. The van der Waals surface area contributed by atoms with Gasteiger partial charge < -0.3 is 10.1 Å². The highest BCUT2D eigenvalue weighted by Crippen LogP contribution is 2.24. The van der Waals surface area contributed by atoms with Crippen molar-refractivity contribution in [2.75, 3.05) is 5.32 Å². The molecule has 3 aromatic carbocycles. The molecular weight excluding hydrogens is 404 g/mol. The molecule has 27 heavy (non-hydrogen) atoms. The van der Waals surface area contributed by atoms with Gasteiger partial charge in [0.25, 0.3) is 5.91 Å². The lowest BCUT2D eigenvalue weighted by Gasteiger charge is -2.07. The van der Waals surface area contributed by atoms with Crippen LogP contribution in [-0.4, -0.2) is 5.91 Å². The Morgan fingerprint density at radius 1 is 0.963 bits per heavy atom. The molecule has 0 unspecified atom stereocenters. The molecule has 0 saturated carbocycles. The van der Waals surface area contributed by atoms with E-state index in [4.69, 9.17) is 4.74 Å². The Morgan fingerprint density at radius 3 is 2.41 bits per heavy atom. The van der Waals surface area contributed by atoms with E-state index in [0.717, 1.165) is 4.47 Å². The lowest BCUT2D eigenvalue weighted by Crippen LogP contribution is -2.13. The van der Waals surface area contributed by atoms with Crippen molar-refractivity contribution in [3.8, 4) is 17.6 Å². The van der Waals surface area contributed by atoms with Crippen LogP contribution in [0.25, 0.3) is 6.08 Å². The maximum absolute atomic E-state index is 12.4. The predicted molar refractivity (Wildman–Crippen MR) is 109 cm³/mol. The number of halogens is 1. The molecule has 0 bridgehead atoms. The second-order valence-corrected chi connectivity index (χ2v) is 6.45. The van der Waals surface area contributed by atoms with Crippen LogP contribution in [0.3, 0.4) is 0 Å². The third-order valence-electron chi connectivity index (χ3n) is 3.64. The Bertz CT molecular complexity index is 1020. The van der Waals surface area contributed by atoms with Crippen LogP contribution in [0.15, 0.2) is 88.9 Å². The number of nitrogens with one attached hydrogen (secondary N) is 1. The van der Waals surface area contributed by atoms with Gasteiger partial charge in [-0.3, -0.25) is 4.79 Å². The van der Waals surface area contributed by atoms with Gasteiger partial charge in [0, 0.05) is 4.47 Å².